The Morgan fingerprint density at radius 1 is 1.50 bits per heavy atom. The van der Waals surface area contributed by atoms with Crippen LogP contribution in [0.2, 0.25) is 0 Å². The fourth-order valence-corrected chi connectivity index (χ4v) is 1.05. The number of amides is 1. The third kappa shape index (κ3) is 3.70. The second kappa shape index (κ2) is 5.13. The molecule has 0 saturated carbocycles. The summed E-state index contributed by atoms with van der Waals surface area (Å²) in [7, 11) is 0.0829. The highest BCUT2D eigenvalue weighted by Crippen LogP contribution is 2.06. The van der Waals surface area contributed by atoms with E-state index in [1.54, 1.807) is 0 Å². The van der Waals surface area contributed by atoms with Gasteiger partial charge >= 0.3 is 7.69 Å². The zero-order valence-corrected chi connectivity index (χ0v) is 7.21. The second-order valence-electron chi connectivity index (χ2n) is 2.69. The lowest BCUT2D eigenvalue weighted by Gasteiger charge is -2.13. The normalized spacial score (nSPS) is 17.8. The van der Waals surface area contributed by atoms with E-state index < -0.39 is 0 Å². The van der Waals surface area contributed by atoms with Gasteiger partial charge in [-0.15, -0.1) is 0 Å². The third-order valence-corrected chi connectivity index (χ3v) is 1.58. The minimum atomic E-state index is -0.222. The topological polar surface area (TPSA) is 50.8 Å². The number of nitrogens with one attached hydrogen (secondary N) is 1. The van der Waals surface area contributed by atoms with E-state index in [0.29, 0.717) is 0 Å². The Balaban J connectivity index is 1.91. The first-order valence-electron chi connectivity index (χ1n) is 4.05. The first-order valence-corrected chi connectivity index (χ1v) is 4.05. The van der Waals surface area contributed by atoms with Crippen molar-refractivity contribution in [3.63, 3.8) is 0 Å². The molecular formula is C6H13BN2O3. The fraction of sp³-hybridized carbons (Fsp3) is 0.833. The summed E-state index contributed by atoms with van der Waals surface area (Å²) in [4.78, 5) is 10.3. The Bertz CT molecular complexity index is 150. The van der Waals surface area contributed by atoms with Crippen molar-refractivity contribution in [2.45, 2.75) is 19.8 Å². The zero-order valence-electron chi connectivity index (χ0n) is 7.21. The smallest absolute Gasteiger partial charge is 0.325 e. The highest BCUT2D eigenvalue weighted by molar-refractivity contribution is 6.17. The standard InChI is InChI=1S/C6H13BN2O3/c1-6(10)8-11-7-12-9-4-2-3-5-9/h7H,2-5H2,1H3,(H,8,10). The van der Waals surface area contributed by atoms with Crippen molar-refractivity contribution in [2.75, 3.05) is 13.1 Å². The monoisotopic (exact) mass is 172 g/mol. The quantitative estimate of drug-likeness (QED) is 0.347. The van der Waals surface area contributed by atoms with Crippen LogP contribution in [0.5, 0.6) is 0 Å². The summed E-state index contributed by atoms with van der Waals surface area (Å²) in [5.74, 6) is -0.222. The van der Waals surface area contributed by atoms with Gasteiger partial charge in [0.1, 0.15) is 0 Å². The predicted octanol–water partition coefficient (Wildman–Crippen LogP) is -0.652. The Labute approximate surface area is 72.2 Å². The molecule has 0 spiro atoms. The summed E-state index contributed by atoms with van der Waals surface area (Å²) in [6.07, 6.45) is 2.33. The average Bonchev–Trinajstić information content (AvgIpc) is 2.49. The van der Waals surface area contributed by atoms with Crippen molar-refractivity contribution < 1.29 is 14.3 Å². The van der Waals surface area contributed by atoms with E-state index in [1.807, 2.05) is 5.06 Å². The number of carbonyl (C=O) groups is 1. The van der Waals surface area contributed by atoms with Gasteiger partial charge in [0.2, 0.25) is 5.91 Å². The van der Waals surface area contributed by atoms with Crippen molar-refractivity contribution in [1.29, 1.82) is 0 Å². The van der Waals surface area contributed by atoms with E-state index in [2.05, 4.69) is 5.48 Å². The lowest BCUT2D eigenvalue weighted by Crippen LogP contribution is -2.29. The van der Waals surface area contributed by atoms with Crippen LogP contribution >= 0.6 is 0 Å². The molecule has 68 valence electrons. The van der Waals surface area contributed by atoms with Gasteiger partial charge in [-0.3, -0.25) is 4.79 Å². The van der Waals surface area contributed by atoms with Crippen molar-refractivity contribution in [3.8, 4) is 0 Å². The van der Waals surface area contributed by atoms with Gasteiger partial charge in [0.05, 0.1) is 0 Å². The Morgan fingerprint density at radius 3 is 2.75 bits per heavy atom. The number of hydrogen-bond donors (Lipinski definition) is 1. The van der Waals surface area contributed by atoms with Crippen LogP contribution in [0.3, 0.4) is 0 Å². The maximum atomic E-state index is 10.3. The summed E-state index contributed by atoms with van der Waals surface area (Å²) in [6, 6.07) is 0. The maximum absolute atomic E-state index is 10.3. The van der Waals surface area contributed by atoms with Gasteiger partial charge in [0, 0.05) is 20.0 Å². The molecule has 0 aromatic heterocycles. The first-order chi connectivity index (χ1) is 5.79. The van der Waals surface area contributed by atoms with Crippen molar-refractivity contribution in [2.24, 2.45) is 0 Å². The molecular weight excluding hydrogens is 159 g/mol. The third-order valence-electron chi connectivity index (χ3n) is 1.58. The molecule has 1 fully saturated rings. The Hall–Kier alpha value is -0.585. The van der Waals surface area contributed by atoms with E-state index in [1.165, 1.54) is 19.8 Å². The van der Waals surface area contributed by atoms with Crippen LogP contribution < -0.4 is 5.48 Å². The second-order valence-corrected chi connectivity index (χ2v) is 2.69. The van der Waals surface area contributed by atoms with Crippen LogP contribution in [0.15, 0.2) is 0 Å². The number of hydrogen-bond acceptors (Lipinski definition) is 4. The summed E-state index contributed by atoms with van der Waals surface area (Å²) >= 11 is 0. The molecule has 0 aromatic carbocycles. The number of rotatable bonds is 4. The van der Waals surface area contributed by atoms with Crippen LogP contribution in [0.4, 0.5) is 0 Å². The van der Waals surface area contributed by atoms with Gasteiger partial charge in [0.15, 0.2) is 0 Å². The highest BCUT2D eigenvalue weighted by Gasteiger charge is 2.12. The molecule has 5 nitrogen and oxygen atoms in total. The zero-order chi connectivity index (χ0) is 8.81. The molecule has 1 aliphatic heterocycles. The number of nitrogens with zero attached hydrogens (tertiary/aromatic N) is 1. The van der Waals surface area contributed by atoms with Gasteiger partial charge in [0.25, 0.3) is 0 Å². The molecule has 0 bridgehead atoms. The SMILES string of the molecule is CC(=O)NOBON1CCCC1. The van der Waals surface area contributed by atoms with Crippen molar-refractivity contribution in [1.82, 2.24) is 10.5 Å². The molecule has 0 radical (unpaired) electrons. The summed E-state index contributed by atoms with van der Waals surface area (Å²) < 4.78 is 9.84. The van der Waals surface area contributed by atoms with E-state index in [4.69, 9.17) is 9.51 Å². The number of hydroxylamine groups is 3. The number of carbonyl (C=O) groups excluding carboxylic acids is 1. The van der Waals surface area contributed by atoms with E-state index in [-0.39, 0.29) is 13.6 Å². The van der Waals surface area contributed by atoms with E-state index in [0.717, 1.165) is 13.1 Å². The first kappa shape index (κ1) is 9.50. The summed E-state index contributed by atoms with van der Waals surface area (Å²) in [5.41, 5.74) is 2.18. The molecule has 1 heterocycles. The van der Waals surface area contributed by atoms with Gasteiger partial charge in [-0.25, -0.2) is 10.5 Å². The molecule has 1 N–H and O–H groups in total. The molecule has 12 heavy (non-hydrogen) atoms. The van der Waals surface area contributed by atoms with Gasteiger partial charge in [-0.1, -0.05) is 0 Å². The fourth-order valence-electron chi connectivity index (χ4n) is 1.05. The minimum Gasteiger partial charge on any atom is -0.325 e. The van der Waals surface area contributed by atoms with Crippen molar-refractivity contribution in [3.05, 3.63) is 0 Å². The van der Waals surface area contributed by atoms with E-state index >= 15 is 0 Å². The van der Waals surface area contributed by atoms with Crippen LogP contribution in [0.25, 0.3) is 0 Å². The summed E-state index contributed by atoms with van der Waals surface area (Å²) in [5, 5.41) is 1.84. The minimum absolute atomic E-state index is 0.0829. The molecule has 0 aromatic rings. The van der Waals surface area contributed by atoms with Gasteiger partial charge < -0.3 is 9.51 Å². The molecule has 0 aliphatic carbocycles. The highest BCUT2D eigenvalue weighted by atomic mass is 16.8. The predicted molar refractivity (Wildman–Crippen MR) is 43.9 cm³/mol. The molecule has 1 rings (SSSR count). The maximum Gasteiger partial charge on any atom is 0.481 e. The van der Waals surface area contributed by atoms with Crippen LogP contribution in [0.1, 0.15) is 19.8 Å². The molecule has 0 atom stereocenters. The van der Waals surface area contributed by atoms with Crippen LogP contribution in [-0.2, 0) is 14.3 Å². The van der Waals surface area contributed by atoms with Crippen molar-refractivity contribution >= 4 is 13.6 Å². The van der Waals surface area contributed by atoms with Gasteiger partial charge in [-0.05, 0) is 12.8 Å². The molecule has 0 unspecified atom stereocenters. The Kier molecular flexibility index (Phi) is 4.06. The summed E-state index contributed by atoms with van der Waals surface area (Å²) in [6.45, 7) is 3.28. The molecule has 1 amide bonds. The van der Waals surface area contributed by atoms with Crippen LogP contribution in [0, 0.1) is 0 Å². The molecule has 1 aliphatic rings. The van der Waals surface area contributed by atoms with Crippen LogP contribution in [-0.4, -0.2) is 31.7 Å². The average molecular weight is 172 g/mol. The lowest BCUT2D eigenvalue weighted by atomic mass is 10.4. The Morgan fingerprint density at radius 2 is 2.17 bits per heavy atom. The van der Waals surface area contributed by atoms with Gasteiger partial charge in [-0.2, -0.15) is 0 Å². The molecule has 1 saturated heterocycles. The van der Waals surface area contributed by atoms with E-state index in [9.17, 15) is 4.79 Å². The molecule has 6 heteroatoms. The lowest BCUT2D eigenvalue weighted by molar-refractivity contribution is -0.128. The largest absolute Gasteiger partial charge is 0.481 e.